The molecule has 19 heavy (non-hydrogen) atoms. The Kier molecular flexibility index (Phi) is 5.34. The second-order valence-electron chi connectivity index (χ2n) is 5.70. The van der Waals surface area contributed by atoms with E-state index < -0.39 is 0 Å². The summed E-state index contributed by atoms with van der Waals surface area (Å²) in [6.07, 6.45) is 3.43. The van der Waals surface area contributed by atoms with E-state index in [2.05, 4.69) is 30.3 Å². The lowest BCUT2D eigenvalue weighted by molar-refractivity contribution is 0.216. The van der Waals surface area contributed by atoms with Gasteiger partial charge in [0.15, 0.2) is 0 Å². The van der Waals surface area contributed by atoms with Crippen molar-refractivity contribution in [3.8, 4) is 0 Å². The van der Waals surface area contributed by atoms with Gasteiger partial charge in [0.2, 0.25) is 0 Å². The Bertz CT molecular complexity index is 398. The Morgan fingerprint density at radius 3 is 2.58 bits per heavy atom. The molecule has 1 aromatic carbocycles. The average Bonchev–Trinajstić information content (AvgIpc) is 2.40. The molecule has 0 aromatic heterocycles. The second-order valence-corrected chi connectivity index (χ2v) is 5.70. The Labute approximate surface area is 116 Å². The van der Waals surface area contributed by atoms with Crippen LogP contribution in [0, 0.1) is 11.7 Å². The molecule has 0 spiro atoms. The molecule has 0 saturated carbocycles. The number of hydrogen-bond donors (Lipinski definition) is 1. The van der Waals surface area contributed by atoms with E-state index in [0.717, 1.165) is 36.6 Å². The summed E-state index contributed by atoms with van der Waals surface area (Å²) in [4.78, 5) is 2.39. The fourth-order valence-electron chi connectivity index (χ4n) is 2.71. The molecule has 0 bridgehead atoms. The highest BCUT2D eigenvalue weighted by atomic mass is 19.1. The molecule has 0 aliphatic carbocycles. The van der Waals surface area contributed by atoms with Crippen LogP contribution in [-0.4, -0.2) is 31.6 Å². The number of nitrogens with one attached hydrogen (secondary N) is 1. The lowest BCUT2D eigenvalue weighted by Crippen LogP contribution is -2.34. The summed E-state index contributed by atoms with van der Waals surface area (Å²) >= 11 is 0. The van der Waals surface area contributed by atoms with E-state index in [0.29, 0.717) is 0 Å². The zero-order valence-corrected chi connectivity index (χ0v) is 12.1. The van der Waals surface area contributed by atoms with Crippen molar-refractivity contribution in [2.24, 2.45) is 5.92 Å². The number of hydrogen-bond acceptors (Lipinski definition) is 2. The predicted molar refractivity (Wildman–Crippen MR) is 77.7 cm³/mol. The molecule has 0 atom stereocenters. The maximum absolute atomic E-state index is 13.4. The fourth-order valence-corrected chi connectivity index (χ4v) is 2.71. The maximum Gasteiger partial charge on any atom is 0.123 e. The average molecular weight is 264 g/mol. The fraction of sp³-hybridized carbons (Fsp3) is 0.625. The third kappa shape index (κ3) is 4.59. The Balaban J connectivity index is 1.77. The monoisotopic (exact) mass is 264 g/mol. The minimum atomic E-state index is -0.115. The zero-order valence-electron chi connectivity index (χ0n) is 12.1. The van der Waals surface area contributed by atoms with Gasteiger partial charge in [0.05, 0.1) is 0 Å². The summed E-state index contributed by atoms with van der Waals surface area (Å²) in [5.74, 6) is 0.658. The number of nitrogens with zero attached hydrogens (tertiary/aromatic N) is 1. The number of benzene rings is 1. The molecule has 2 rings (SSSR count). The lowest BCUT2D eigenvalue weighted by atomic mass is 9.97. The molecule has 3 heteroatoms. The van der Waals surface area contributed by atoms with Crippen molar-refractivity contribution in [1.82, 2.24) is 10.2 Å². The van der Waals surface area contributed by atoms with Crippen LogP contribution in [-0.2, 0) is 13.0 Å². The molecule has 1 heterocycles. The van der Waals surface area contributed by atoms with Gasteiger partial charge < -0.3 is 10.2 Å². The quantitative estimate of drug-likeness (QED) is 0.880. The molecule has 1 saturated heterocycles. The van der Waals surface area contributed by atoms with Gasteiger partial charge in [0, 0.05) is 6.54 Å². The minimum Gasteiger partial charge on any atom is -0.312 e. The Morgan fingerprint density at radius 2 is 1.89 bits per heavy atom. The van der Waals surface area contributed by atoms with Crippen LogP contribution in [0.3, 0.4) is 0 Å². The second kappa shape index (κ2) is 7.01. The molecule has 0 unspecified atom stereocenters. The van der Waals surface area contributed by atoms with Gasteiger partial charge in [-0.05, 0) is 75.1 Å². The van der Waals surface area contributed by atoms with Crippen molar-refractivity contribution >= 4 is 0 Å². The van der Waals surface area contributed by atoms with Crippen LogP contribution in [0.15, 0.2) is 18.2 Å². The van der Waals surface area contributed by atoms with E-state index in [1.807, 2.05) is 0 Å². The third-order valence-electron chi connectivity index (χ3n) is 4.03. The molecule has 1 aliphatic heterocycles. The van der Waals surface area contributed by atoms with E-state index in [-0.39, 0.29) is 5.82 Å². The van der Waals surface area contributed by atoms with E-state index in [4.69, 9.17) is 0 Å². The molecule has 1 aliphatic rings. The highest BCUT2D eigenvalue weighted by molar-refractivity contribution is 5.24. The molecular formula is C16H25FN2. The van der Waals surface area contributed by atoms with Gasteiger partial charge in [-0.3, -0.25) is 0 Å². The smallest absolute Gasteiger partial charge is 0.123 e. The van der Waals surface area contributed by atoms with Crippen LogP contribution in [0.4, 0.5) is 4.39 Å². The van der Waals surface area contributed by atoms with Crippen LogP contribution >= 0.6 is 0 Å². The van der Waals surface area contributed by atoms with Crippen molar-refractivity contribution in [3.63, 3.8) is 0 Å². The van der Waals surface area contributed by atoms with Crippen molar-refractivity contribution in [1.29, 1.82) is 0 Å². The van der Waals surface area contributed by atoms with Crippen molar-refractivity contribution in [3.05, 3.63) is 35.1 Å². The first-order chi connectivity index (χ1) is 9.17. The highest BCUT2D eigenvalue weighted by Gasteiger charge is 2.15. The molecule has 1 fully saturated rings. The first-order valence-electron chi connectivity index (χ1n) is 7.35. The van der Waals surface area contributed by atoms with Gasteiger partial charge in [0.25, 0.3) is 0 Å². The van der Waals surface area contributed by atoms with Crippen molar-refractivity contribution in [2.75, 3.05) is 26.7 Å². The standard InChI is InChI=1S/C16H25FN2/c1-3-13-8-15(10-16(17)9-13)12-18-11-14-4-6-19(2)7-5-14/h8-10,14,18H,3-7,11-12H2,1-2H3. The number of rotatable bonds is 5. The first-order valence-corrected chi connectivity index (χ1v) is 7.35. The molecule has 0 radical (unpaired) electrons. The Morgan fingerprint density at radius 1 is 1.21 bits per heavy atom. The number of aryl methyl sites for hydroxylation is 1. The van der Waals surface area contributed by atoms with E-state index in [9.17, 15) is 4.39 Å². The predicted octanol–water partition coefficient (Wildman–Crippen LogP) is 2.82. The molecular weight excluding hydrogens is 239 g/mol. The van der Waals surface area contributed by atoms with Gasteiger partial charge in [-0.1, -0.05) is 13.0 Å². The third-order valence-corrected chi connectivity index (χ3v) is 4.03. The van der Waals surface area contributed by atoms with Crippen LogP contribution in [0.5, 0.6) is 0 Å². The van der Waals surface area contributed by atoms with Gasteiger partial charge in [-0.25, -0.2) is 4.39 Å². The topological polar surface area (TPSA) is 15.3 Å². The van der Waals surface area contributed by atoms with Gasteiger partial charge in [-0.15, -0.1) is 0 Å². The van der Waals surface area contributed by atoms with Gasteiger partial charge >= 0.3 is 0 Å². The van der Waals surface area contributed by atoms with Gasteiger partial charge in [0.1, 0.15) is 5.82 Å². The summed E-state index contributed by atoms with van der Waals surface area (Å²) in [5.41, 5.74) is 2.14. The maximum atomic E-state index is 13.4. The van der Waals surface area contributed by atoms with Crippen LogP contribution in [0.2, 0.25) is 0 Å². The van der Waals surface area contributed by atoms with Gasteiger partial charge in [-0.2, -0.15) is 0 Å². The largest absolute Gasteiger partial charge is 0.312 e. The van der Waals surface area contributed by atoms with Crippen LogP contribution < -0.4 is 5.32 Å². The molecule has 1 aromatic rings. The van der Waals surface area contributed by atoms with Crippen molar-refractivity contribution < 1.29 is 4.39 Å². The summed E-state index contributed by atoms with van der Waals surface area (Å²) in [6, 6.07) is 5.37. The lowest BCUT2D eigenvalue weighted by Gasteiger charge is -2.29. The Hall–Kier alpha value is -0.930. The minimum absolute atomic E-state index is 0.115. The number of likely N-dealkylation sites (tertiary alicyclic amines) is 1. The molecule has 0 amide bonds. The molecule has 1 N–H and O–H groups in total. The summed E-state index contributed by atoms with van der Waals surface area (Å²) in [6.45, 7) is 6.28. The van der Waals surface area contributed by atoms with E-state index >= 15 is 0 Å². The summed E-state index contributed by atoms with van der Waals surface area (Å²) in [5, 5.41) is 3.48. The SMILES string of the molecule is CCc1cc(F)cc(CNCC2CCN(C)CC2)c1. The highest BCUT2D eigenvalue weighted by Crippen LogP contribution is 2.15. The zero-order chi connectivity index (χ0) is 13.7. The normalized spacial score (nSPS) is 17.8. The summed E-state index contributed by atoms with van der Waals surface area (Å²) < 4.78 is 13.4. The molecule has 106 valence electrons. The van der Waals surface area contributed by atoms with Crippen LogP contribution in [0.1, 0.15) is 30.9 Å². The number of halogens is 1. The molecule has 2 nitrogen and oxygen atoms in total. The number of piperidine rings is 1. The van der Waals surface area contributed by atoms with E-state index in [1.54, 1.807) is 12.1 Å². The van der Waals surface area contributed by atoms with Crippen LogP contribution in [0.25, 0.3) is 0 Å². The van der Waals surface area contributed by atoms with Crippen molar-refractivity contribution in [2.45, 2.75) is 32.7 Å². The summed E-state index contributed by atoms with van der Waals surface area (Å²) in [7, 11) is 2.18. The van der Waals surface area contributed by atoms with E-state index in [1.165, 1.54) is 25.9 Å². The first kappa shape index (κ1) is 14.5.